The quantitative estimate of drug-likeness (QED) is 0.655. The lowest BCUT2D eigenvalue weighted by molar-refractivity contribution is -0.136. The molecular weight excluding hydrogens is 310 g/mol. The topological polar surface area (TPSA) is 138 Å². The number of phenols is 1. The molecule has 24 heavy (non-hydrogen) atoms. The second-order valence-corrected chi connectivity index (χ2v) is 6.21. The maximum Gasteiger partial charge on any atom is 0.307 e. The number of hydrogen-bond acceptors (Lipinski definition) is 7. The van der Waals surface area contributed by atoms with Gasteiger partial charge in [0.25, 0.3) is 0 Å². The minimum Gasteiger partial charge on any atom is -0.506 e. The zero-order valence-corrected chi connectivity index (χ0v) is 13.3. The first-order chi connectivity index (χ1) is 11.4. The van der Waals surface area contributed by atoms with Crippen LogP contribution < -0.4 is 16.4 Å². The summed E-state index contributed by atoms with van der Waals surface area (Å²) in [6.07, 6.45) is 4.38. The average molecular weight is 331 g/mol. The van der Waals surface area contributed by atoms with Gasteiger partial charge in [0.05, 0.1) is 12.1 Å². The number of phenolic OH excluding ortho intramolecular Hbond substituents is 1. The Bertz CT molecular complexity index is 722. The summed E-state index contributed by atoms with van der Waals surface area (Å²) >= 11 is 0. The van der Waals surface area contributed by atoms with E-state index >= 15 is 0 Å². The molecule has 1 fully saturated rings. The van der Waals surface area contributed by atoms with Gasteiger partial charge in [-0.2, -0.15) is 4.99 Å². The monoisotopic (exact) mass is 331 g/mol. The van der Waals surface area contributed by atoms with Gasteiger partial charge in [0.15, 0.2) is 0 Å². The molecule has 0 bridgehead atoms. The molecule has 1 saturated carbocycles. The lowest BCUT2D eigenvalue weighted by Crippen LogP contribution is -2.58. The number of aliphatic imine (C=N–C) groups is 2. The van der Waals surface area contributed by atoms with Gasteiger partial charge in [0.2, 0.25) is 11.9 Å². The Balaban J connectivity index is 2.08. The van der Waals surface area contributed by atoms with Crippen molar-refractivity contribution in [2.24, 2.45) is 21.5 Å². The van der Waals surface area contributed by atoms with E-state index in [1.165, 1.54) is 6.07 Å². The SMILES string of the molecule is NC1=NC2(CCCCC2)N(c2cc(CC(=O)O)ccc2O)C(N)=N1. The summed E-state index contributed by atoms with van der Waals surface area (Å²) in [5, 5.41) is 19.3. The van der Waals surface area contributed by atoms with Crippen molar-refractivity contribution in [2.45, 2.75) is 44.2 Å². The van der Waals surface area contributed by atoms with Crippen LogP contribution in [0.2, 0.25) is 0 Å². The average Bonchev–Trinajstić information content (AvgIpc) is 2.50. The first-order valence-electron chi connectivity index (χ1n) is 7.95. The second-order valence-electron chi connectivity index (χ2n) is 6.21. The van der Waals surface area contributed by atoms with Crippen molar-refractivity contribution in [3.05, 3.63) is 23.8 Å². The van der Waals surface area contributed by atoms with Crippen LogP contribution in [-0.4, -0.2) is 33.8 Å². The third kappa shape index (κ3) is 2.86. The van der Waals surface area contributed by atoms with Crippen LogP contribution in [0.1, 0.15) is 37.7 Å². The number of rotatable bonds is 3. The van der Waals surface area contributed by atoms with Gasteiger partial charge in [-0.15, -0.1) is 0 Å². The molecule has 1 aromatic rings. The first-order valence-corrected chi connectivity index (χ1v) is 7.95. The van der Waals surface area contributed by atoms with Crippen LogP contribution in [-0.2, 0) is 11.2 Å². The van der Waals surface area contributed by atoms with Crippen LogP contribution in [0.15, 0.2) is 28.2 Å². The molecule has 0 aromatic heterocycles. The summed E-state index contributed by atoms with van der Waals surface area (Å²) in [6.45, 7) is 0. The van der Waals surface area contributed by atoms with E-state index in [-0.39, 0.29) is 24.1 Å². The van der Waals surface area contributed by atoms with Gasteiger partial charge in [-0.25, -0.2) is 4.99 Å². The Morgan fingerprint density at radius 2 is 1.96 bits per heavy atom. The highest BCUT2D eigenvalue weighted by Crippen LogP contribution is 2.42. The Morgan fingerprint density at radius 3 is 2.62 bits per heavy atom. The van der Waals surface area contributed by atoms with Gasteiger partial charge < -0.3 is 21.7 Å². The Labute approximate surface area is 139 Å². The lowest BCUT2D eigenvalue weighted by atomic mass is 9.87. The second kappa shape index (κ2) is 6.03. The standard InChI is InChI=1S/C16H21N5O3/c17-14-19-15(18)21(16(20-14)6-2-1-3-7-16)11-8-10(9-13(23)24)4-5-12(11)22/h4-5,8,22H,1-3,6-7,9H2,(H,23,24)(H4,17,18,19,20). The summed E-state index contributed by atoms with van der Waals surface area (Å²) in [5.41, 5.74) is 12.2. The molecule has 0 unspecified atom stereocenters. The molecule has 0 amide bonds. The molecule has 1 aliphatic heterocycles. The molecule has 0 radical (unpaired) electrons. The predicted molar refractivity (Wildman–Crippen MR) is 91.0 cm³/mol. The van der Waals surface area contributed by atoms with E-state index in [0.717, 1.165) is 32.1 Å². The molecule has 128 valence electrons. The van der Waals surface area contributed by atoms with Crippen molar-refractivity contribution in [3.8, 4) is 5.75 Å². The van der Waals surface area contributed by atoms with Crippen LogP contribution in [0.5, 0.6) is 5.75 Å². The van der Waals surface area contributed by atoms with Crippen LogP contribution in [0.4, 0.5) is 5.69 Å². The number of carboxylic acid groups (broad SMARTS) is 1. The van der Waals surface area contributed by atoms with Crippen molar-refractivity contribution < 1.29 is 15.0 Å². The van der Waals surface area contributed by atoms with Gasteiger partial charge in [0, 0.05) is 0 Å². The van der Waals surface area contributed by atoms with Crippen LogP contribution in [0.3, 0.4) is 0 Å². The largest absolute Gasteiger partial charge is 0.506 e. The van der Waals surface area contributed by atoms with E-state index in [1.807, 2.05) is 0 Å². The van der Waals surface area contributed by atoms with Crippen molar-refractivity contribution >= 4 is 23.6 Å². The third-order valence-corrected chi connectivity index (χ3v) is 4.49. The van der Waals surface area contributed by atoms with Crippen molar-refractivity contribution in [3.63, 3.8) is 0 Å². The fourth-order valence-electron chi connectivity index (χ4n) is 3.50. The highest BCUT2D eigenvalue weighted by molar-refractivity contribution is 6.06. The third-order valence-electron chi connectivity index (χ3n) is 4.49. The number of carbonyl (C=O) groups is 1. The van der Waals surface area contributed by atoms with Crippen molar-refractivity contribution in [1.82, 2.24) is 0 Å². The Morgan fingerprint density at radius 1 is 1.25 bits per heavy atom. The molecule has 2 aliphatic rings. The van der Waals surface area contributed by atoms with E-state index < -0.39 is 11.6 Å². The molecule has 1 aliphatic carbocycles. The number of nitrogens with two attached hydrogens (primary N) is 2. The molecule has 6 N–H and O–H groups in total. The number of nitrogens with zero attached hydrogens (tertiary/aromatic N) is 3. The zero-order chi connectivity index (χ0) is 17.3. The first kappa shape index (κ1) is 16.1. The molecule has 8 heteroatoms. The van der Waals surface area contributed by atoms with Crippen LogP contribution >= 0.6 is 0 Å². The molecule has 3 rings (SSSR count). The number of anilines is 1. The van der Waals surface area contributed by atoms with E-state index in [4.69, 9.17) is 16.6 Å². The predicted octanol–water partition coefficient (Wildman–Crippen LogP) is 1.13. The molecule has 8 nitrogen and oxygen atoms in total. The van der Waals surface area contributed by atoms with Gasteiger partial charge in [0.1, 0.15) is 11.4 Å². The maximum atomic E-state index is 11.0. The highest BCUT2D eigenvalue weighted by Gasteiger charge is 2.43. The normalized spacial score (nSPS) is 19.8. The number of aromatic hydroxyl groups is 1. The van der Waals surface area contributed by atoms with E-state index in [9.17, 15) is 9.90 Å². The van der Waals surface area contributed by atoms with Crippen molar-refractivity contribution in [1.29, 1.82) is 0 Å². The number of guanidine groups is 2. The molecule has 0 atom stereocenters. The summed E-state index contributed by atoms with van der Waals surface area (Å²) in [5.74, 6) is -0.650. The van der Waals surface area contributed by atoms with E-state index in [0.29, 0.717) is 11.3 Å². The van der Waals surface area contributed by atoms with Gasteiger partial charge in [-0.1, -0.05) is 12.5 Å². The summed E-state index contributed by atoms with van der Waals surface area (Å²) in [6, 6.07) is 4.67. The van der Waals surface area contributed by atoms with Crippen LogP contribution in [0, 0.1) is 0 Å². The van der Waals surface area contributed by atoms with Gasteiger partial charge in [-0.3, -0.25) is 9.69 Å². The minimum absolute atomic E-state index is 0.00269. The molecule has 0 saturated heterocycles. The van der Waals surface area contributed by atoms with E-state index in [1.54, 1.807) is 17.0 Å². The Kier molecular flexibility index (Phi) is 4.04. The molecule has 1 heterocycles. The number of hydrogen-bond donors (Lipinski definition) is 4. The maximum absolute atomic E-state index is 11.0. The van der Waals surface area contributed by atoms with Gasteiger partial charge in [-0.05, 0) is 43.4 Å². The van der Waals surface area contributed by atoms with E-state index in [2.05, 4.69) is 9.98 Å². The molecule has 1 aromatic carbocycles. The number of carboxylic acids is 1. The van der Waals surface area contributed by atoms with Crippen LogP contribution in [0.25, 0.3) is 0 Å². The number of aliphatic carboxylic acids is 1. The highest BCUT2D eigenvalue weighted by atomic mass is 16.4. The molecule has 1 spiro atoms. The smallest absolute Gasteiger partial charge is 0.307 e. The summed E-state index contributed by atoms with van der Waals surface area (Å²) < 4.78 is 0. The zero-order valence-electron chi connectivity index (χ0n) is 13.3. The number of benzene rings is 1. The summed E-state index contributed by atoms with van der Waals surface area (Å²) in [4.78, 5) is 21.3. The lowest BCUT2D eigenvalue weighted by Gasteiger charge is -2.45. The molecular formula is C16H21N5O3. The van der Waals surface area contributed by atoms with Gasteiger partial charge >= 0.3 is 5.97 Å². The summed E-state index contributed by atoms with van der Waals surface area (Å²) in [7, 11) is 0. The fraction of sp³-hybridized carbons (Fsp3) is 0.438. The minimum atomic E-state index is -0.943. The fourth-order valence-corrected chi connectivity index (χ4v) is 3.50. The Hall–Kier alpha value is -2.77. The van der Waals surface area contributed by atoms with Crippen molar-refractivity contribution in [2.75, 3.05) is 4.90 Å².